The van der Waals surface area contributed by atoms with Crippen molar-refractivity contribution in [3.63, 3.8) is 0 Å². The van der Waals surface area contributed by atoms with Crippen molar-refractivity contribution in [2.24, 2.45) is 12.8 Å². The topological polar surface area (TPSA) is 53.1 Å². The minimum absolute atomic E-state index is 0.0597. The molecule has 0 aromatic carbocycles. The highest BCUT2D eigenvalue weighted by atomic mass is 16.5. The van der Waals surface area contributed by atoms with Gasteiger partial charge in [0.2, 0.25) is 0 Å². The number of aromatic nitrogens is 2. The summed E-state index contributed by atoms with van der Waals surface area (Å²) in [7, 11) is 1.91. The van der Waals surface area contributed by atoms with Crippen LogP contribution < -0.4 is 5.73 Å². The van der Waals surface area contributed by atoms with Crippen molar-refractivity contribution in [1.29, 1.82) is 0 Å². The van der Waals surface area contributed by atoms with Gasteiger partial charge in [0.05, 0.1) is 18.4 Å². The van der Waals surface area contributed by atoms with Crippen molar-refractivity contribution in [2.75, 3.05) is 6.54 Å². The lowest BCUT2D eigenvalue weighted by atomic mass is 10.0. The normalized spacial score (nSPS) is 19.6. The Kier molecular flexibility index (Phi) is 3.07. The SMILES string of the molecule is Cn1cc(COC2(CN)CCCC2)cn1. The molecule has 15 heavy (non-hydrogen) atoms. The van der Waals surface area contributed by atoms with E-state index >= 15 is 0 Å². The summed E-state index contributed by atoms with van der Waals surface area (Å²) in [5.74, 6) is 0. The van der Waals surface area contributed by atoms with Gasteiger partial charge in [-0.05, 0) is 12.8 Å². The Hall–Kier alpha value is -0.870. The third kappa shape index (κ3) is 2.38. The van der Waals surface area contributed by atoms with E-state index in [0.29, 0.717) is 13.2 Å². The molecule has 4 nitrogen and oxygen atoms in total. The van der Waals surface area contributed by atoms with Crippen molar-refractivity contribution in [2.45, 2.75) is 37.9 Å². The summed E-state index contributed by atoms with van der Waals surface area (Å²) in [4.78, 5) is 0. The second-order valence-corrected chi connectivity index (χ2v) is 4.41. The fourth-order valence-electron chi connectivity index (χ4n) is 2.21. The molecule has 2 rings (SSSR count). The van der Waals surface area contributed by atoms with E-state index in [0.717, 1.165) is 18.4 Å². The maximum Gasteiger partial charge on any atom is 0.0808 e. The standard InChI is InChI=1S/C11H19N3O/c1-14-7-10(6-13-14)8-15-11(9-12)4-2-3-5-11/h6-7H,2-5,8-9,12H2,1H3. The van der Waals surface area contributed by atoms with E-state index < -0.39 is 0 Å². The summed E-state index contributed by atoms with van der Waals surface area (Å²) in [6, 6.07) is 0. The maximum atomic E-state index is 5.96. The van der Waals surface area contributed by atoms with Crippen LogP contribution in [0.3, 0.4) is 0 Å². The van der Waals surface area contributed by atoms with Gasteiger partial charge in [-0.15, -0.1) is 0 Å². The van der Waals surface area contributed by atoms with Gasteiger partial charge in [-0.25, -0.2) is 0 Å². The molecule has 4 heteroatoms. The molecule has 1 aromatic heterocycles. The average Bonchev–Trinajstić information content (AvgIpc) is 2.85. The third-order valence-corrected chi connectivity index (χ3v) is 3.19. The van der Waals surface area contributed by atoms with Gasteiger partial charge < -0.3 is 10.5 Å². The molecule has 1 aromatic rings. The highest BCUT2D eigenvalue weighted by Crippen LogP contribution is 2.32. The molecule has 0 atom stereocenters. The van der Waals surface area contributed by atoms with Gasteiger partial charge >= 0.3 is 0 Å². The number of hydrogen-bond acceptors (Lipinski definition) is 3. The highest BCUT2D eigenvalue weighted by Gasteiger charge is 2.33. The minimum atomic E-state index is -0.0597. The van der Waals surface area contributed by atoms with Crippen LogP contribution in [0.1, 0.15) is 31.2 Å². The molecule has 0 radical (unpaired) electrons. The van der Waals surface area contributed by atoms with Crippen LogP contribution in [0.25, 0.3) is 0 Å². The van der Waals surface area contributed by atoms with Crippen LogP contribution in [0.2, 0.25) is 0 Å². The summed E-state index contributed by atoms with van der Waals surface area (Å²) in [5, 5.41) is 4.12. The van der Waals surface area contributed by atoms with Crippen molar-refractivity contribution in [3.8, 4) is 0 Å². The Balaban J connectivity index is 1.91. The highest BCUT2D eigenvalue weighted by molar-refractivity contribution is 5.02. The Morgan fingerprint density at radius 2 is 2.27 bits per heavy atom. The second-order valence-electron chi connectivity index (χ2n) is 4.41. The summed E-state index contributed by atoms with van der Waals surface area (Å²) in [6.45, 7) is 1.26. The first kappa shape index (κ1) is 10.6. The Bertz CT molecular complexity index is 315. The molecule has 0 amide bonds. The van der Waals surface area contributed by atoms with Gasteiger partial charge in [-0.1, -0.05) is 12.8 Å². The number of hydrogen-bond donors (Lipinski definition) is 1. The van der Waals surface area contributed by atoms with Crippen LogP contribution >= 0.6 is 0 Å². The molecule has 1 heterocycles. The molecule has 1 fully saturated rings. The van der Waals surface area contributed by atoms with Gasteiger partial charge in [0, 0.05) is 25.4 Å². The van der Waals surface area contributed by atoms with Crippen LogP contribution in [0.5, 0.6) is 0 Å². The van der Waals surface area contributed by atoms with Crippen LogP contribution in [0, 0.1) is 0 Å². The monoisotopic (exact) mass is 209 g/mol. The number of nitrogens with two attached hydrogens (primary N) is 1. The van der Waals surface area contributed by atoms with Crippen LogP contribution in [0.15, 0.2) is 12.4 Å². The number of ether oxygens (including phenoxy) is 1. The van der Waals surface area contributed by atoms with E-state index in [9.17, 15) is 0 Å². The van der Waals surface area contributed by atoms with E-state index in [1.165, 1.54) is 12.8 Å². The number of nitrogens with zero attached hydrogens (tertiary/aromatic N) is 2. The summed E-state index contributed by atoms with van der Waals surface area (Å²) in [5.41, 5.74) is 6.86. The van der Waals surface area contributed by atoms with E-state index in [4.69, 9.17) is 10.5 Å². The smallest absolute Gasteiger partial charge is 0.0808 e. The summed E-state index contributed by atoms with van der Waals surface area (Å²) in [6.07, 6.45) is 8.51. The van der Waals surface area contributed by atoms with Gasteiger partial charge in [0.1, 0.15) is 0 Å². The fourth-order valence-corrected chi connectivity index (χ4v) is 2.21. The maximum absolute atomic E-state index is 5.96. The zero-order chi connectivity index (χ0) is 10.7. The van der Waals surface area contributed by atoms with Crippen molar-refractivity contribution < 1.29 is 4.74 Å². The predicted octanol–water partition coefficient (Wildman–Crippen LogP) is 1.21. The quantitative estimate of drug-likeness (QED) is 0.811. The molecule has 1 saturated carbocycles. The lowest BCUT2D eigenvalue weighted by molar-refractivity contribution is -0.0448. The first-order valence-corrected chi connectivity index (χ1v) is 5.56. The summed E-state index contributed by atoms with van der Waals surface area (Å²) >= 11 is 0. The molecule has 1 aliphatic carbocycles. The molecule has 0 unspecified atom stereocenters. The predicted molar refractivity (Wildman–Crippen MR) is 58.3 cm³/mol. The van der Waals surface area contributed by atoms with E-state index in [-0.39, 0.29) is 5.60 Å². The first-order valence-electron chi connectivity index (χ1n) is 5.56. The van der Waals surface area contributed by atoms with Crippen LogP contribution in [-0.2, 0) is 18.4 Å². The zero-order valence-electron chi connectivity index (χ0n) is 9.28. The Morgan fingerprint density at radius 1 is 1.53 bits per heavy atom. The molecule has 0 aliphatic heterocycles. The largest absolute Gasteiger partial charge is 0.369 e. The van der Waals surface area contributed by atoms with Gasteiger partial charge in [0.25, 0.3) is 0 Å². The molecule has 84 valence electrons. The number of aryl methyl sites for hydroxylation is 1. The number of rotatable bonds is 4. The van der Waals surface area contributed by atoms with Crippen LogP contribution in [0.4, 0.5) is 0 Å². The lowest BCUT2D eigenvalue weighted by Gasteiger charge is -2.27. The third-order valence-electron chi connectivity index (χ3n) is 3.19. The van der Waals surface area contributed by atoms with Gasteiger partial charge in [0.15, 0.2) is 0 Å². The zero-order valence-corrected chi connectivity index (χ0v) is 9.28. The van der Waals surface area contributed by atoms with E-state index in [1.807, 2.05) is 19.4 Å². The Morgan fingerprint density at radius 3 is 2.80 bits per heavy atom. The molecule has 0 bridgehead atoms. The van der Waals surface area contributed by atoms with Gasteiger partial charge in [-0.2, -0.15) is 5.10 Å². The minimum Gasteiger partial charge on any atom is -0.369 e. The van der Waals surface area contributed by atoms with Crippen molar-refractivity contribution >= 4 is 0 Å². The average molecular weight is 209 g/mol. The Labute approximate surface area is 90.4 Å². The van der Waals surface area contributed by atoms with Crippen LogP contribution in [-0.4, -0.2) is 21.9 Å². The van der Waals surface area contributed by atoms with E-state index in [2.05, 4.69) is 5.10 Å². The molecular weight excluding hydrogens is 190 g/mol. The van der Waals surface area contributed by atoms with Crippen molar-refractivity contribution in [3.05, 3.63) is 18.0 Å². The van der Waals surface area contributed by atoms with E-state index in [1.54, 1.807) is 4.68 Å². The molecule has 2 N–H and O–H groups in total. The molecule has 0 spiro atoms. The van der Waals surface area contributed by atoms with Gasteiger partial charge in [-0.3, -0.25) is 4.68 Å². The molecule has 0 saturated heterocycles. The molecular formula is C11H19N3O. The first-order chi connectivity index (χ1) is 7.24. The lowest BCUT2D eigenvalue weighted by Crippen LogP contribution is -2.37. The molecule has 1 aliphatic rings. The van der Waals surface area contributed by atoms with Crippen molar-refractivity contribution in [1.82, 2.24) is 9.78 Å². The second kappa shape index (κ2) is 4.33. The summed E-state index contributed by atoms with van der Waals surface area (Å²) < 4.78 is 7.75. The fraction of sp³-hybridized carbons (Fsp3) is 0.727.